The second-order valence-corrected chi connectivity index (χ2v) is 9.92. The van der Waals surface area contributed by atoms with Crippen LogP contribution in [0.3, 0.4) is 0 Å². The number of ether oxygens (including phenoxy) is 2. The van der Waals surface area contributed by atoms with Gasteiger partial charge in [-0.05, 0) is 38.7 Å². The van der Waals surface area contributed by atoms with Crippen molar-refractivity contribution in [2.24, 2.45) is 0 Å². The molecule has 2 aliphatic rings. The van der Waals surface area contributed by atoms with Crippen LogP contribution in [-0.2, 0) is 26.1 Å². The Morgan fingerprint density at radius 2 is 1.92 bits per heavy atom. The van der Waals surface area contributed by atoms with E-state index in [0.717, 1.165) is 25.7 Å². The van der Waals surface area contributed by atoms with Crippen molar-refractivity contribution in [3.63, 3.8) is 0 Å². The predicted octanol–water partition coefficient (Wildman–Crippen LogP) is 2.96. The van der Waals surface area contributed by atoms with Crippen molar-refractivity contribution in [3.8, 4) is 0 Å². The van der Waals surface area contributed by atoms with Gasteiger partial charge in [-0.2, -0.15) is 0 Å². The Labute approximate surface area is 151 Å². The van der Waals surface area contributed by atoms with Crippen LogP contribution in [0.4, 0.5) is 0 Å². The molecule has 2 saturated heterocycles. The van der Waals surface area contributed by atoms with Crippen LogP contribution in [-0.4, -0.2) is 49.4 Å². The highest BCUT2D eigenvalue weighted by atomic mass is 32.2. The van der Waals surface area contributed by atoms with E-state index in [9.17, 15) is 8.42 Å². The standard InChI is InChI=1S/C19H29NO4S/c1-16(2)25(21,22)20-11-9-19(10-12-20)14-18(8-13-24-19)23-15-17-6-4-3-5-7-17/h3-7,16,18H,8-15H2,1-2H3. The quantitative estimate of drug-likeness (QED) is 0.803. The maximum atomic E-state index is 12.3. The highest BCUT2D eigenvalue weighted by Crippen LogP contribution is 2.37. The van der Waals surface area contributed by atoms with E-state index in [1.54, 1.807) is 18.2 Å². The van der Waals surface area contributed by atoms with Gasteiger partial charge in [0.05, 0.1) is 23.6 Å². The minimum absolute atomic E-state index is 0.183. The molecule has 0 N–H and O–H groups in total. The number of hydrogen-bond donors (Lipinski definition) is 0. The molecule has 0 bridgehead atoms. The van der Waals surface area contributed by atoms with Gasteiger partial charge in [-0.25, -0.2) is 12.7 Å². The van der Waals surface area contributed by atoms with Gasteiger partial charge in [0.15, 0.2) is 0 Å². The Morgan fingerprint density at radius 1 is 1.24 bits per heavy atom. The molecule has 1 spiro atoms. The summed E-state index contributed by atoms with van der Waals surface area (Å²) in [4.78, 5) is 0. The van der Waals surface area contributed by atoms with E-state index in [1.165, 1.54) is 5.56 Å². The molecule has 0 amide bonds. The second-order valence-electron chi connectivity index (χ2n) is 7.44. The van der Waals surface area contributed by atoms with Crippen LogP contribution < -0.4 is 0 Å². The molecule has 0 saturated carbocycles. The summed E-state index contributed by atoms with van der Waals surface area (Å²) in [5, 5.41) is -0.365. The monoisotopic (exact) mass is 367 g/mol. The van der Waals surface area contributed by atoms with Gasteiger partial charge in [-0.3, -0.25) is 0 Å². The molecular formula is C19H29NO4S. The highest BCUT2D eigenvalue weighted by molar-refractivity contribution is 7.89. The van der Waals surface area contributed by atoms with Crippen molar-refractivity contribution in [2.75, 3.05) is 19.7 Å². The zero-order valence-electron chi connectivity index (χ0n) is 15.2. The Morgan fingerprint density at radius 3 is 2.56 bits per heavy atom. The zero-order valence-corrected chi connectivity index (χ0v) is 16.0. The Balaban J connectivity index is 1.55. The average Bonchev–Trinajstić information content (AvgIpc) is 2.61. The number of hydrogen-bond acceptors (Lipinski definition) is 4. The van der Waals surface area contributed by atoms with E-state index in [-0.39, 0.29) is 17.0 Å². The van der Waals surface area contributed by atoms with Crippen molar-refractivity contribution in [1.29, 1.82) is 0 Å². The summed E-state index contributed by atoms with van der Waals surface area (Å²) in [6.07, 6.45) is 3.45. The Hall–Kier alpha value is -0.950. The summed E-state index contributed by atoms with van der Waals surface area (Å²) in [5.74, 6) is 0. The highest BCUT2D eigenvalue weighted by Gasteiger charge is 2.43. The largest absolute Gasteiger partial charge is 0.375 e. The van der Waals surface area contributed by atoms with Crippen molar-refractivity contribution < 1.29 is 17.9 Å². The number of benzene rings is 1. The van der Waals surface area contributed by atoms with Crippen LogP contribution in [0.2, 0.25) is 0 Å². The molecule has 1 unspecified atom stereocenters. The predicted molar refractivity (Wildman–Crippen MR) is 97.8 cm³/mol. The smallest absolute Gasteiger partial charge is 0.216 e. The Kier molecular flexibility index (Phi) is 5.83. The van der Waals surface area contributed by atoms with Gasteiger partial charge in [0, 0.05) is 26.1 Å². The molecular weight excluding hydrogens is 338 g/mol. The van der Waals surface area contributed by atoms with Gasteiger partial charge in [-0.1, -0.05) is 30.3 Å². The van der Waals surface area contributed by atoms with Crippen LogP contribution >= 0.6 is 0 Å². The normalized spacial score (nSPS) is 24.7. The maximum Gasteiger partial charge on any atom is 0.216 e. The van der Waals surface area contributed by atoms with E-state index >= 15 is 0 Å². The molecule has 2 fully saturated rings. The van der Waals surface area contributed by atoms with E-state index in [0.29, 0.717) is 26.3 Å². The first-order valence-corrected chi connectivity index (χ1v) is 10.7. The molecule has 5 nitrogen and oxygen atoms in total. The molecule has 1 atom stereocenters. The van der Waals surface area contributed by atoms with Gasteiger partial charge in [0.1, 0.15) is 0 Å². The first-order chi connectivity index (χ1) is 11.9. The van der Waals surface area contributed by atoms with Crippen LogP contribution in [0.15, 0.2) is 30.3 Å². The van der Waals surface area contributed by atoms with E-state index < -0.39 is 10.0 Å². The van der Waals surface area contributed by atoms with Crippen molar-refractivity contribution in [1.82, 2.24) is 4.31 Å². The number of rotatable bonds is 5. The fourth-order valence-electron chi connectivity index (χ4n) is 3.71. The molecule has 140 valence electrons. The lowest BCUT2D eigenvalue weighted by atomic mass is 9.84. The van der Waals surface area contributed by atoms with Gasteiger partial charge in [0.2, 0.25) is 10.0 Å². The maximum absolute atomic E-state index is 12.3. The van der Waals surface area contributed by atoms with Crippen molar-refractivity contribution >= 4 is 10.0 Å². The van der Waals surface area contributed by atoms with Gasteiger partial charge >= 0.3 is 0 Å². The number of piperidine rings is 1. The third-order valence-corrected chi connectivity index (χ3v) is 7.64. The van der Waals surface area contributed by atoms with Crippen LogP contribution in [0.1, 0.15) is 45.1 Å². The molecule has 1 aromatic carbocycles. The van der Waals surface area contributed by atoms with Crippen molar-refractivity contribution in [3.05, 3.63) is 35.9 Å². The third kappa shape index (κ3) is 4.42. The SMILES string of the molecule is CC(C)S(=O)(=O)N1CCC2(CC1)CC(OCc1ccccc1)CCO2. The molecule has 1 aromatic rings. The zero-order chi connectivity index (χ0) is 17.9. The molecule has 3 rings (SSSR count). The van der Waals surface area contributed by atoms with Gasteiger partial charge in [0.25, 0.3) is 0 Å². The van der Waals surface area contributed by atoms with Gasteiger partial charge < -0.3 is 9.47 Å². The second kappa shape index (κ2) is 7.74. The molecule has 25 heavy (non-hydrogen) atoms. The molecule has 2 aliphatic heterocycles. The Bertz CT molecular complexity index is 651. The minimum atomic E-state index is -3.17. The lowest BCUT2D eigenvalue weighted by Crippen LogP contribution is -2.52. The molecule has 0 radical (unpaired) electrons. The third-order valence-electron chi connectivity index (χ3n) is 5.37. The first-order valence-electron chi connectivity index (χ1n) is 9.20. The summed E-state index contributed by atoms with van der Waals surface area (Å²) < 4.78 is 38.5. The molecule has 0 aliphatic carbocycles. The van der Waals surface area contributed by atoms with Gasteiger partial charge in [-0.15, -0.1) is 0 Å². The topological polar surface area (TPSA) is 55.8 Å². The van der Waals surface area contributed by atoms with E-state index in [1.807, 2.05) is 18.2 Å². The fourth-order valence-corrected chi connectivity index (χ4v) is 5.00. The van der Waals surface area contributed by atoms with Crippen LogP contribution in [0.25, 0.3) is 0 Å². The summed E-state index contributed by atoms with van der Waals surface area (Å²) in [7, 11) is -3.17. The first kappa shape index (κ1) is 18.8. The van der Waals surface area contributed by atoms with E-state index in [2.05, 4.69) is 12.1 Å². The summed E-state index contributed by atoms with van der Waals surface area (Å²) in [6.45, 7) is 5.89. The number of sulfonamides is 1. The lowest BCUT2D eigenvalue weighted by Gasteiger charge is -2.45. The lowest BCUT2D eigenvalue weighted by molar-refractivity contribution is -0.153. The van der Waals surface area contributed by atoms with Crippen LogP contribution in [0, 0.1) is 0 Å². The molecule has 0 aromatic heterocycles. The fraction of sp³-hybridized carbons (Fsp3) is 0.684. The molecule has 6 heteroatoms. The van der Waals surface area contributed by atoms with Crippen LogP contribution in [0.5, 0.6) is 0 Å². The summed E-state index contributed by atoms with van der Waals surface area (Å²) in [6, 6.07) is 10.2. The van der Waals surface area contributed by atoms with Crippen molar-refractivity contribution in [2.45, 2.75) is 63.1 Å². The molecule has 2 heterocycles. The minimum Gasteiger partial charge on any atom is -0.375 e. The average molecular weight is 368 g/mol. The number of nitrogens with zero attached hydrogens (tertiary/aromatic N) is 1. The summed E-state index contributed by atoms with van der Waals surface area (Å²) >= 11 is 0. The summed E-state index contributed by atoms with van der Waals surface area (Å²) in [5.41, 5.74) is 0.962. The van der Waals surface area contributed by atoms with E-state index in [4.69, 9.17) is 9.47 Å².